The second-order valence-electron chi connectivity index (χ2n) is 5.34. The Labute approximate surface area is 123 Å². The summed E-state index contributed by atoms with van der Waals surface area (Å²) in [7, 11) is 0. The number of carbonyl (C=O) groups is 1. The predicted molar refractivity (Wildman–Crippen MR) is 80.7 cm³/mol. The van der Waals surface area contributed by atoms with Crippen molar-refractivity contribution >= 4 is 11.7 Å². The van der Waals surface area contributed by atoms with Gasteiger partial charge in [-0.15, -0.1) is 0 Å². The van der Waals surface area contributed by atoms with Crippen LogP contribution in [0.15, 0.2) is 48.5 Å². The number of hydrogen-bond donors (Lipinski definition) is 1. The van der Waals surface area contributed by atoms with Gasteiger partial charge < -0.3 is 5.32 Å². The molecule has 0 fully saturated rings. The van der Waals surface area contributed by atoms with E-state index in [0.717, 1.165) is 17.7 Å². The summed E-state index contributed by atoms with van der Waals surface area (Å²) in [5.74, 6) is -0.271. The Balaban J connectivity index is 1.70. The molecule has 1 aliphatic rings. The molecule has 2 aromatic carbocycles. The number of para-hydroxylation sites is 1. The minimum Gasteiger partial charge on any atom is -0.334 e. The number of nitrogens with zero attached hydrogens (tertiary/aromatic N) is 1. The minimum atomic E-state index is -0.271. The van der Waals surface area contributed by atoms with E-state index in [-0.39, 0.29) is 17.9 Å². The van der Waals surface area contributed by atoms with Gasteiger partial charge in [-0.3, -0.25) is 4.90 Å². The van der Waals surface area contributed by atoms with E-state index < -0.39 is 0 Å². The number of hydrogen-bond acceptors (Lipinski definition) is 1. The molecule has 0 saturated heterocycles. The van der Waals surface area contributed by atoms with E-state index in [4.69, 9.17) is 0 Å². The Morgan fingerprint density at radius 1 is 1.24 bits per heavy atom. The van der Waals surface area contributed by atoms with E-state index in [1.54, 1.807) is 17.0 Å². The SMILES string of the molecule is CC1Cc2ccccc2N1C(=O)NCc1ccc(F)cc1. The third-order valence-corrected chi connectivity index (χ3v) is 3.78. The highest BCUT2D eigenvalue weighted by Gasteiger charge is 2.30. The molecule has 1 N–H and O–H groups in total. The van der Waals surface area contributed by atoms with Crippen molar-refractivity contribution in [3.8, 4) is 0 Å². The van der Waals surface area contributed by atoms with Crippen LogP contribution >= 0.6 is 0 Å². The number of amides is 2. The monoisotopic (exact) mass is 284 g/mol. The van der Waals surface area contributed by atoms with Crippen LogP contribution in [0.25, 0.3) is 0 Å². The standard InChI is InChI=1S/C17H17FN2O/c1-12-10-14-4-2-3-5-16(14)20(12)17(21)19-11-13-6-8-15(18)9-7-13/h2-9,12H,10-11H2,1H3,(H,19,21). The Kier molecular flexibility index (Phi) is 3.60. The van der Waals surface area contributed by atoms with Crippen molar-refractivity contribution in [1.82, 2.24) is 5.32 Å². The number of nitrogens with one attached hydrogen (secondary N) is 1. The van der Waals surface area contributed by atoms with Gasteiger partial charge in [0.25, 0.3) is 0 Å². The first-order valence-corrected chi connectivity index (χ1v) is 7.04. The van der Waals surface area contributed by atoms with Gasteiger partial charge in [0, 0.05) is 18.3 Å². The zero-order valence-electron chi connectivity index (χ0n) is 11.8. The lowest BCUT2D eigenvalue weighted by molar-refractivity contribution is 0.244. The van der Waals surface area contributed by atoms with E-state index in [1.807, 2.05) is 25.1 Å². The van der Waals surface area contributed by atoms with Crippen LogP contribution in [0.5, 0.6) is 0 Å². The molecule has 1 heterocycles. The van der Waals surface area contributed by atoms with Crippen LogP contribution in [0.3, 0.4) is 0 Å². The van der Waals surface area contributed by atoms with Crippen LogP contribution in [0.2, 0.25) is 0 Å². The summed E-state index contributed by atoms with van der Waals surface area (Å²) in [5.41, 5.74) is 3.05. The Morgan fingerprint density at radius 3 is 2.71 bits per heavy atom. The molecule has 0 aliphatic carbocycles. The summed E-state index contributed by atoms with van der Waals surface area (Å²) in [6.45, 7) is 2.43. The van der Waals surface area contributed by atoms with Gasteiger partial charge in [0.05, 0.1) is 0 Å². The quantitative estimate of drug-likeness (QED) is 0.899. The second-order valence-corrected chi connectivity index (χ2v) is 5.34. The number of fused-ring (bicyclic) bond motifs is 1. The van der Waals surface area contributed by atoms with E-state index in [9.17, 15) is 9.18 Å². The number of halogens is 1. The largest absolute Gasteiger partial charge is 0.334 e. The highest BCUT2D eigenvalue weighted by Crippen LogP contribution is 2.31. The lowest BCUT2D eigenvalue weighted by atomic mass is 10.1. The highest BCUT2D eigenvalue weighted by atomic mass is 19.1. The Hall–Kier alpha value is -2.36. The molecule has 0 saturated carbocycles. The van der Waals surface area contributed by atoms with Crippen molar-refractivity contribution in [3.63, 3.8) is 0 Å². The zero-order chi connectivity index (χ0) is 14.8. The molecule has 108 valence electrons. The van der Waals surface area contributed by atoms with Crippen molar-refractivity contribution in [2.45, 2.75) is 25.9 Å². The first-order valence-electron chi connectivity index (χ1n) is 7.04. The van der Waals surface area contributed by atoms with Crippen LogP contribution in [0, 0.1) is 5.82 Å². The van der Waals surface area contributed by atoms with Crippen molar-refractivity contribution in [1.29, 1.82) is 0 Å². The third-order valence-electron chi connectivity index (χ3n) is 3.78. The van der Waals surface area contributed by atoms with E-state index in [0.29, 0.717) is 6.54 Å². The minimum absolute atomic E-state index is 0.114. The number of benzene rings is 2. The molecule has 2 aromatic rings. The van der Waals surface area contributed by atoms with E-state index >= 15 is 0 Å². The summed E-state index contributed by atoms with van der Waals surface area (Å²) >= 11 is 0. The topological polar surface area (TPSA) is 32.3 Å². The van der Waals surface area contributed by atoms with Crippen LogP contribution in [-0.2, 0) is 13.0 Å². The molecule has 0 bridgehead atoms. The van der Waals surface area contributed by atoms with E-state index in [1.165, 1.54) is 17.7 Å². The zero-order valence-corrected chi connectivity index (χ0v) is 11.8. The maximum Gasteiger partial charge on any atom is 0.322 e. The Morgan fingerprint density at radius 2 is 1.95 bits per heavy atom. The Bertz CT molecular complexity index is 654. The molecule has 3 nitrogen and oxygen atoms in total. The van der Waals surface area contributed by atoms with Crippen molar-refractivity contribution < 1.29 is 9.18 Å². The maximum atomic E-state index is 12.9. The summed E-state index contributed by atoms with van der Waals surface area (Å²) < 4.78 is 12.9. The summed E-state index contributed by atoms with van der Waals surface area (Å²) in [6.07, 6.45) is 0.875. The molecule has 4 heteroatoms. The molecular formula is C17H17FN2O. The lowest BCUT2D eigenvalue weighted by Gasteiger charge is -2.23. The van der Waals surface area contributed by atoms with Crippen molar-refractivity contribution in [2.75, 3.05) is 4.90 Å². The fourth-order valence-corrected chi connectivity index (χ4v) is 2.74. The highest BCUT2D eigenvalue weighted by molar-refractivity contribution is 5.94. The molecule has 2 amide bonds. The summed E-state index contributed by atoms with van der Waals surface area (Å²) in [5, 5.41) is 2.90. The van der Waals surface area contributed by atoms with E-state index in [2.05, 4.69) is 11.4 Å². The first-order chi connectivity index (χ1) is 10.1. The molecule has 0 spiro atoms. The van der Waals surface area contributed by atoms with Gasteiger partial charge in [0.2, 0.25) is 0 Å². The number of carbonyl (C=O) groups excluding carboxylic acids is 1. The fraction of sp³-hybridized carbons (Fsp3) is 0.235. The lowest BCUT2D eigenvalue weighted by Crippen LogP contribution is -2.42. The maximum absolute atomic E-state index is 12.9. The van der Waals surface area contributed by atoms with Crippen molar-refractivity contribution in [3.05, 3.63) is 65.5 Å². The molecule has 0 aromatic heterocycles. The summed E-state index contributed by atoms with van der Waals surface area (Å²) in [6, 6.07) is 14.1. The van der Waals surface area contributed by atoms with Gasteiger partial charge in [0.1, 0.15) is 5.82 Å². The molecule has 1 atom stereocenters. The number of rotatable bonds is 2. The number of urea groups is 1. The number of anilines is 1. The summed E-state index contributed by atoms with van der Waals surface area (Å²) in [4.78, 5) is 14.2. The molecule has 1 aliphatic heterocycles. The molecular weight excluding hydrogens is 267 g/mol. The van der Waals surface area contributed by atoms with Gasteiger partial charge in [-0.2, -0.15) is 0 Å². The molecule has 0 radical (unpaired) electrons. The molecule has 3 rings (SSSR count). The van der Waals surface area contributed by atoms with Gasteiger partial charge in [0.15, 0.2) is 0 Å². The molecule has 21 heavy (non-hydrogen) atoms. The predicted octanol–water partition coefficient (Wildman–Crippen LogP) is 3.49. The van der Waals surface area contributed by atoms with Gasteiger partial charge >= 0.3 is 6.03 Å². The molecule has 1 unspecified atom stereocenters. The second kappa shape index (κ2) is 5.56. The van der Waals surface area contributed by atoms with Crippen LogP contribution in [-0.4, -0.2) is 12.1 Å². The van der Waals surface area contributed by atoms with Crippen LogP contribution < -0.4 is 10.2 Å². The average Bonchev–Trinajstić information content (AvgIpc) is 2.82. The van der Waals surface area contributed by atoms with Crippen LogP contribution in [0.1, 0.15) is 18.1 Å². The first kappa shape index (κ1) is 13.6. The van der Waals surface area contributed by atoms with Gasteiger partial charge in [-0.25, -0.2) is 9.18 Å². The van der Waals surface area contributed by atoms with Gasteiger partial charge in [-0.05, 0) is 42.7 Å². The van der Waals surface area contributed by atoms with Crippen molar-refractivity contribution in [2.24, 2.45) is 0 Å². The van der Waals surface area contributed by atoms with Crippen LogP contribution in [0.4, 0.5) is 14.9 Å². The van der Waals surface area contributed by atoms with Gasteiger partial charge in [-0.1, -0.05) is 30.3 Å². The third kappa shape index (κ3) is 2.75. The smallest absolute Gasteiger partial charge is 0.322 e. The fourth-order valence-electron chi connectivity index (χ4n) is 2.74. The normalized spacial score (nSPS) is 16.7. The average molecular weight is 284 g/mol.